The molecule has 0 spiro atoms. The number of benzene rings is 1. The fourth-order valence-corrected chi connectivity index (χ4v) is 2.28. The lowest BCUT2D eigenvalue weighted by atomic mass is 10.1. The standard InChI is InChI=1S/C18H23NO4/c1-3-22-18(20)8-6-4-5-7-17-19-16(13-23-17)14-9-11-15(21-2)12-10-14/h9-13H,3-8H2,1-2H3. The molecule has 0 fully saturated rings. The van der Waals surface area contributed by atoms with Crippen molar-refractivity contribution in [1.82, 2.24) is 4.98 Å². The van der Waals surface area contributed by atoms with Crippen LogP contribution in [0.15, 0.2) is 34.9 Å². The molecule has 0 radical (unpaired) electrons. The maximum absolute atomic E-state index is 11.2. The summed E-state index contributed by atoms with van der Waals surface area (Å²) in [5.74, 6) is 1.43. The minimum Gasteiger partial charge on any atom is -0.497 e. The Bertz CT molecular complexity index is 604. The van der Waals surface area contributed by atoms with E-state index in [-0.39, 0.29) is 5.97 Å². The largest absolute Gasteiger partial charge is 0.497 e. The number of carbonyl (C=O) groups excluding carboxylic acids is 1. The molecule has 1 aromatic heterocycles. The van der Waals surface area contributed by atoms with E-state index in [0.717, 1.165) is 48.6 Å². The molecule has 0 aliphatic heterocycles. The number of carbonyl (C=O) groups is 1. The van der Waals surface area contributed by atoms with E-state index in [1.165, 1.54) is 0 Å². The lowest BCUT2D eigenvalue weighted by Gasteiger charge is -2.01. The van der Waals surface area contributed by atoms with Crippen LogP contribution < -0.4 is 4.74 Å². The predicted octanol–water partition coefficient (Wildman–Crippen LogP) is 4.02. The van der Waals surface area contributed by atoms with Gasteiger partial charge in [-0.05, 0) is 44.0 Å². The number of hydrogen-bond acceptors (Lipinski definition) is 5. The Labute approximate surface area is 136 Å². The summed E-state index contributed by atoms with van der Waals surface area (Å²) in [6.45, 7) is 2.27. The number of unbranched alkanes of at least 4 members (excludes halogenated alkanes) is 2. The molecule has 2 aromatic rings. The zero-order valence-corrected chi connectivity index (χ0v) is 13.7. The van der Waals surface area contributed by atoms with E-state index in [1.807, 2.05) is 31.2 Å². The van der Waals surface area contributed by atoms with Crippen molar-refractivity contribution in [3.05, 3.63) is 36.4 Å². The molecule has 1 aromatic carbocycles. The zero-order valence-electron chi connectivity index (χ0n) is 13.7. The van der Waals surface area contributed by atoms with Crippen LogP contribution in [-0.2, 0) is 16.0 Å². The number of methoxy groups -OCH3 is 1. The van der Waals surface area contributed by atoms with Crippen molar-refractivity contribution in [1.29, 1.82) is 0 Å². The van der Waals surface area contributed by atoms with Crippen molar-refractivity contribution in [2.45, 2.75) is 39.0 Å². The van der Waals surface area contributed by atoms with Crippen LogP contribution in [0.25, 0.3) is 11.3 Å². The van der Waals surface area contributed by atoms with Gasteiger partial charge in [-0.15, -0.1) is 0 Å². The van der Waals surface area contributed by atoms with Gasteiger partial charge in [0.05, 0.1) is 13.7 Å². The van der Waals surface area contributed by atoms with Crippen LogP contribution in [0, 0.1) is 0 Å². The number of rotatable bonds is 9. The highest BCUT2D eigenvalue weighted by atomic mass is 16.5. The molecule has 2 rings (SSSR count). The number of aromatic nitrogens is 1. The van der Waals surface area contributed by atoms with E-state index < -0.39 is 0 Å². The van der Waals surface area contributed by atoms with Crippen molar-refractivity contribution in [3.63, 3.8) is 0 Å². The Morgan fingerprint density at radius 3 is 2.65 bits per heavy atom. The van der Waals surface area contributed by atoms with E-state index in [2.05, 4.69) is 4.98 Å². The van der Waals surface area contributed by atoms with Crippen LogP contribution in [0.1, 0.15) is 38.5 Å². The van der Waals surface area contributed by atoms with Crippen LogP contribution in [-0.4, -0.2) is 24.7 Å². The molecule has 5 heteroatoms. The third-order valence-electron chi connectivity index (χ3n) is 3.51. The van der Waals surface area contributed by atoms with Crippen LogP contribution >= 0.6 is 0 Å². The van der Waals surface area contributed by atoms with Gasteiger partial charge in [0.15, 0.2) is 5.89 Å². The number of nitrogens with zero attached hydrogens (tertiary/aromatic N) is 1. The van der Waals surface area contributed by atoms with Crippen LogP contribution in [0.3, 0.4) is 0 Å². The summed E-state index contributed by atoms with van der Waals surface area (Å²) in [5, 5.41) is 0. The zero-order chi connectivity index (χ0) is 16.5. The van der Waals surface area contributed by atoms with Gasteiger partial charge in [0, 0.05) is 18.4 Å². The Morgan fingerprint density at radius 1 is 1.17 bits per heavy atom. The number of ether oxygens (including phenoxy) is 2. The molecule has 0 saturated carbocycles. The molecule has 0 amide bonds. The van der Waals surface area contributed by atoms with Gasteiger partial charge in [-0.2, -0.15) is 0 Å². The average molecular weight is 317 g/mol. The topological polar surface area (TPSA) is 61.6 Å². The molecule has 0 N–H and O–H groups in total. The normalized spacial score (nSPS) is 10.5. The van der Waals surface area contributed by atoms with Gasteiger partial charge in [-0.25, -0.2) is 4.98 Å². The minimum absolute atomic E-state index is 0.120. The fourth-order valence-electron chi connectivity index (χ4n) is 2.28. The molecule has 5 nitrogen and oxygen atoms in total. The SMILES string of the molecule is CCOC(=O)CCCCCc1nc(-c2ccc(OC)cc2)co1. The molecule has 23 heavy (non-hydrogen) atoms. The molecule has 1 heterocycles. The second-order valence-electron chi connectivity index (χ2n) is 5.22. The minimum atomic E-state index is -0.120. The first-order valence-electron chi connectivity index (χ1n) is 7.97. The Hall–Kier alpha value is -2.30. The van der Waals surface area contributed by atoms with E-state index >= 15 is 0 Å². The lowest BCUT2D eigenvalue weighted by Crippen LogP contribution is -2.03. The van der Waals surface area contributed by atoms with E-state index in [1.54, 1.807) is 13.4 Å². The van der Waals surface area contributed by atoms with Crippen molar-refractivity contribution in [2.75, 3.05) is 13.7 Å². The summed E-state index contributed by atoms with van der Waals surface area (Å²) in [4.78, 5) is 15.7. The van der Waals surface area contributed by atoms with Crippen molar-refractivity contribution in [3.8, 4) is 17.0 Å². The molecule has 0 unspecified atom stereocenters. The quantitative estimate of drug-likeness (QED) is 0.516. The van der Waals surface area contributed by atoms with Gasteiger partial charge < -0.3 is 13.9 Å². The van der Waals surface area contributed by atoms with E-state index in [4.69, 9.17) is 13.9 Å². The first-order chi connectivity index (χ1) is 11.2. The van der Waals surface area contributed by atoms with Gasteiger partial charge in [-0.3, -0.25) is 4.79 Å². The smallest absolute Gasteiger partial charge is 0.305 e. The number of aryl methyl sites for hydroxylation is 1. The van der Waals surface area contributed by atoms with Crippen molar-refractivity contribution in [2.24, 2.45) is 0 Å². The molecule has 0 atom stereocenters. The molecule has 0 bridgehead atoms. The monoisotopic (exact) mass is 317 g/mol. The lowest BCUT2D eigenvalue weighted by molar-refractivity contribution is -0.143. The third-order valence-corrected chi connectivity index (χ3v) is 3.51. The van der Waals surface area contributed by atoms with Crippen molar-refractivity contribution >= 4 is 5.97 Å². The molecule has 0 aliphatic rings. The number of esters is 1. The van der Waals surface area contributed by atoms with Gasteiger partial charge >= 0.3 is 5.97 Å². The molecular formula is C18H23NO4. The Kier molecular flexibility index (Phi) is 6.66. The molecule has 124 valence electrons. The van der Waals surface area contributed by atoms with Gasteiger partial charge in [0.2, 0.25) is 0 Å². The van der Waals surface area contributed by atoms with Crippen LogP contribution in [0.5, 0.6) is 5.75 Å². The van der Waals surface area contributed by atoms with E-state index in [0.29, 0.717) is 13.0 Å². The maximum Gasteiger partial charge on any atom is 0.305 e. The summed E-state index contributed by atoms with van der Waals surface area (Å²) in [5.41, 5.74) is 1.83. The fraction of sp³-hybridized carbons (Fsp3) is 0.444. The van der Waals surface area contributed by atoms with Gasteiger partial charge in [0.1, 0.15) is 17.7 Å². The van der Waals surface area contributed by atoms with Crippen LogP contribution in [0.4, 0.5) is 0 Å². The predicted molar refractivity (Wildman–Crippen MR) is 87.3 cm³/mol. The maximum atomic E-state index is 11.2. The average Bonchev–Trinajstić information content (AvgIpc) is 3.04. The Morgan fingerprint density at radius 2 is 1.96 bits per heavy atom. The number of hydrogen-bond donors (Lipinski definition) is 0. The highest BCUT2D eigenvalue weighted by Gasteiger charge is 2.07. The summed E-state index contributed by atoms with van der Waals surface area (Å²) in [7, 11) is 1.64. The summed E-state index contributed by atoms with van der Waals surface area (Å²) < 4.78 is 15.5. The van der Waals surface area contributed by atoms with Crippen LogP contribution in [0.2, 0.25) is 0 Å². The third kappa shape index (κ3) is 5.43. The highest BCUT2D eigenvalue weighted by Crippen LogP contribution is 2.22. The Balaban J connectivity index is 1.75. The van der Waals surface area contributed by atoms with E-state index in [9.17, 15) is 4.79 Å². The number of oxazole rings is 1. The summed E-state index contributed by atoms with van der Waals surface area (Å²) in [6.07, 6.45) is 5.68. The molecular weight excluding hydrogens is 294 g/mol. The van der Waals surface area contributed by atoms with Crippen molar-refractivity contribution < 1.29 is 18.7 Å². The summed E-state index contributed by atoms with van der Waals surface area (Å²) >= 11 is 0. The molecule has 0 saturated heterocycles. The second kappa shape index (κ2) is 8.98. The van der Waals surface area contributed by atoms with Gasteiger partial charge in [0.25, 0.3) is 0 Å². The second-order valence-corrected chi connectivity index (χ2v) is 5.22. The molecule has 0 aliphatic carbocycles. The first-order valence-corrected chi connectivity index (χ1v) is 7.97. The first kappa shape index (κ1) is 17.1. The van der Waals surface area contributed by atoms with Gasteiger partial charge in [-0.1, -0.05) is 6.42 Å². The highest BCUT2D eigenvalue weighted by molar-refractivity contribution is 5.69. The summed E-state index contributed by atoms with van der Waals surface area (Å²) in [6, 6.07) is 7.72.